The maximum atomic E-state index is 6.13. The smallest absolute Gasteiger partial charge is 0.0934 e. The second-order valence-corrected chi connectivity index (χ2v) is 5.98. The molecule has 0 aliphatic rings. The minimum Gasteiger partial charge on any atom is -0.378 e. The molecule has 0 bridgehead atoms. The van der Waals surface area contributed by atoms with Crippen molar-refractivity contribution in [3.05, 3.63) is 51.6 Å². The van der Waals surface area contributed by atoms with Crippen LogP contribution in [0.1, 0.15) is 9.88 Å². The molecule has 5 heteroatoms. The minimum atomic E-state index is 0.712. The summed E-state index contributed by atoms with van der Waals surface area (Å²) in [5.41, 5.74) is 1.89. The number of nitrogens with zero attached hydrogens (tertiary/aromatic N) is 2. The van der Waals surface area contributed by atoms with Crippen LogP contribution in [0.15, 0.2) is 36.7 Å². The highest BCUT2D eigenvalue weighted by Gasteiger charge is 2.05. The number of rotatable bonds is 3. The van der Waals surface area contributed by atoms with E-state index in [4.69, 9.17) is 11.6 Å². The zero-order chi connectivity index (χ0) is 13.2. The summed E-state index contributed by atoms with van der Waals surface area (Å²) >= 11 is 7.82. The Bertz CT molecular complexity index is 724. The Hall–Kier alpha value is -1.65. The summed E-state index contributed by atoms with van der Waals surface area (Å²) in [4.78, 5) is 9.85. The first kappa shape index (κ1) is 12.4. The summed E-state index contributed by atoms with van der Waals surface area (Å²) < 4.78 is 0. The molecule has 3 nitrogen and oxygen atoms in total. The Labute approximate surface area is 120 Å². The van der Waals surface area contributed by atoms with Crippen molar-refractivity contribution < 1.29 is 0 Å². The fraction of sp³-hybridized carbons (Fsp3) is 0.143. The number of fused-ring (bicyclic) bond motifs is 1. The topological polar surface area (TPSA) is 37.8 Å². The standard InChI is InChI=1S/C14H12ClN3S/c1-9-17-7-12(19-9)8-18-13-6-11(15)5-10-3-2-4-16-14(10)13/h2-7,18H,8H2,1H3. The highest BCUT2D eigenvalue weighted by Crippen LogP contribution is 2.27. The molecule has 3 rings (SSSR count). The van der Waals surface area contributed by atoms with Gasteiger partial charge in [0.15, 0.2) is 0 Å². The van der Waals surface area contributed by atoms with Crippen molar-refractivity contribution in [1.29, 1.82) is 0 Å². The van der Waals surface area contributed by atoms with E-state index in [0.29, 0.717) is 5.02 Å². The van der Waals surface area contributed by atoms with Gasteiger partial charge >= 0.3 is 0 Å². The van der Waals surface area contributed by atoms with Gasteiger partial charge in [0.2, 0.25) is 0 Å². The molecule has 19 heavy (non-hydrogen) atoms. The maximum absolute atomic E-state index is 6.13. The molecule has 0 aliphatic heterocycles. The Morgan fingerprint density at radius 3 is 3.00 bits per heavy atom. The largest absolute Gasteiger partial charge is 0.378 e. The average molecular weight is 290 g/mol. The lowest BCUT2D eigenvalue weighted by Gasteiger charge is -2.08. The lowest BCUT2D eigenvalue weighted by Crippen LogP contribution is -1.99. The molecule has 2 heterocycles. The van der Waals surface area contributed by atoms with Gasteiger partial charge in [0.05, 0.1) is 22.8 Å². The van der Waals surface area contributed by atoms with E-state index in [1.54, 1.807) is 17.5 Å². The van der Waals surface area contributed by atoms with Crippen LogP contribution in [-0.2, 0) is 6.54 Å². The van der Waals surface area contributed by atoms with Crippen LogP contribution >= 0.6 is 22.9 Å². The number of benzene rings is 1. The van der Waals surface area contributed by atoms with Crippen LogP contribution in [0, 0.1) is 6.92 Å². The molecule has 1 aromatic carbocycles. The maximum Gasteiger partial charge on any atom is 0.0934 e. The van der Waals surface area contributed by atoms with Crippen molar-refractivity contribution in [1.82, 2.24) is 9.97 Å². The molecule has 0 fully saturated rings. The number of anilines is 1. The lowest BCUT2D eigenvalue weighted by atomic mass is 10.2. The van der Waals surface area contributed by atoms with Crippen molar-refractivity contribution in [3.63, 3.8) is 0 Å². The van der Waals surface area contributed by atoms with Crippen LogP contribution in [0.3, 0.4) is 0 Å². The van der Waals surface area contributed by atoms with Crippen molar-refractivity contribution in [2.45, 2.75) is 13.5 Å². The Morgan fingerprint density at radius 2 is 2.21 bits per heavy atom. The molecule has 3 aromatic rings. The van der Waals surface area contributed by atoms with Gasteiger partial charge in [0, 0.05) is 27.7 Å². The van der Waals surface area contributed by atoms with E-state index in [0.717, 1.165) is 28.1 Å². The number of pyridine rings is 1. The predicted octanol–water partition coefficient (Wildman–Crippen LogP) is 4.27. The van der Waals surface area contributed by atoms with E-state index in [1.165, 1.54) is 4.88 Å². The second kappa shape index (κ2) is 5.15. The van der Waals surface area contributed by atoms with Crippen molar-refractivity contribution in [3.8, 4) is 0 Å². The van der Waals surface area contributed by atoms with Crippen molar-refractivity contribution >= 4 is 39.5 Å². The van der Waals surface area contributed by atoms with Gasteiger partial charge in [0.25, 0.3) is 0 Å². The molecule has 0 radical (unpaired) electrons. The van der Waals surface area contributed by atoms with E-state index in [1.807, 2.05) is 37.4 Å². The van der Waals surface area contributed by atoms with E-state index in [2.05, 4.69) is 15.3 Å². The lowest BCUT2D eigenvalue weighted by molar-refractivity contribution is 1.17. The Balaban J connectivity index is 1.91. The van der Waals surface area contributed by atoms with Crippen molar-refractivity contribution in [2.24, 2.45) is 0 Å². The number of hydrogen-bond acceptors (Lipinski definition) is 4. The number of nitrogens with one attached hydrogen (secondary N) is 1. The minimum absolute atomic E-state index is 0.712. The van der Waals surface area contributed by atoms with Crippen molar-refractivity contribution in [2.75, 3.05) is 5.32 Å². The van der Waals surface area contributed by atoms with Gasteiger partial charge in [-0.05, 0) is 25.1 Å². The summed E-state index contributed by atoms with van der Waals surface area (Å²) in [6, 6.07) is 7.75. The zero-order valence-corrected chi connectivity index (χ0v) is 11.9. The molecule has 0 saturated carbocycles. The fourth-order valence-electron chi connectivity index (χ4n) is 1.96. The second-order valence-electron chi connectivity index (χ2n) is 4.23. The highest BCUT2D eigenvalue weighted by atomic mass is 35.5. The number of hydrogen-bond donors (Lipinski definition) is 1. The Kier molecular flexibility index (Phi) is 3.36. The third-order valence-corrected chi connectivity index (χ3v) is 3.92. The summed E-state index contributed by atoms with van der Waals surface area (Å²) in [5.74, 6) is 0. The average Bonchev–Trinajstić information content (AvgIpc) is 2.81. The number of aromatic nitrogens is 2. The molecule has 0 spiro atoms. The highest BCUT2D eigenvalue weighted by molar-refractivity contribution is 7.11. The normalized spacial score (nSPS) is 10.8. The quantitative estimate of drug-likeness (QED) is 0.782. The van der Waals surface area contributed by atoms with Gasteiger partial charge in [-0.1, -0.05) is 17.7 Å². The van der Waals surface area contributed by atoms with E-state index in [9.17, 15) is 0 Å². The number of aryl methyl sites for hydroxylation is 1. The SMILES string of the molecule is Cc1ncc(CNc2cc(Cl)cc3cccnc23)s1. The van der Waals surface area contributed by atoms with Gasteiger partial charge in [-0.25, -0.2) is 4.98 Å². The monoisotopic (exact) mass is 289 g/mol. The van der Waals surface area contributed by atoms with Crippen LogP contribution < -0.4 is 5.32 Å². The molecule has 1 N–H and O–H groups in total. The summed E-state index contributed by atoms with van der Waals surface area (Å²) in [6.07, 6.45) is 3.69. The van der Waals surface area contributed by atoms with Crippen LogP contribution in [0.4, 0.5) is 5.69 Å². The first-order valence-electron chi connectivity index (χ1n) is 5.92. The predicted molar refractivity (Wildman–Crippen MR) is 80.9 cm³/mol. The van der Waals surface area contributed by atoms with Gasteiger partial charge < -0.3 is 5.32 Å². The summed E-state index contributed by atoms with van der Waals surface area (Å²) in [6.45, 7) is 2.74. The molecule has 0 unspecified atom stereocenters. The first-order valence-corrected chi connectivity index (χ1v) is 7.11. The van der Waals surface area contributed by atoms with Gasteiger partial charge in [-0.3, -0.25) is 4.98 Å². The van der Waals surface area contributed by atoms with E-state index >= 15 is 0 Å². The van der Waals surface area contributed by atoms with Gasteiger partial charge in [-0.2, -0.15) is 0 Å². The molecule has 0 saturated heterocycles. The molecule has 0 amide bonds. The molecule has 0 atom stereocenters. The summed E-state index contributed by atoms with van der Waals surface area (Å²) in [5, 5.41) is 6.21. The first-order chi connectivity index (χ1) is 9.22. The zero-order valence-electron chi connectivity index (χ0n) is 10.4. The fourth-order valence-corrected chi connectivity index (χ4v) is 2.92. The third kappa shape index (κ3) is 2.69. The molecular weight excluding hydrogens is 278 g/mol. The molecular formula is C14H12ClN3S. The van der Waals surface area contributed by atoms with E-state index < -0.39 is 0 Å². The van der Waals surface area contributed by atoms with Crippen LogP contribution in [0.2, 0.25) is 5.02 Å². The molecule has 96 valence electrons. The molecule has 0 aliphatic carbocycles. The summed E-state index contributed by atoms with van der Waals surface area (Å²) in [7, 11) is 0. The van der Waals surface area contributed by atoms with Crippen LogP contribution in [-0.4, -0.2) is 9.97 Å². The molecule has 2 aromatic heterocycles. The third-order valence-electron chi connectivity index (χ3n) is 2.79. The number of halogens is 1. The van der Waals surface area contributed by atoms with Crippen LogP contribution in [0.5, 0.6) is 0 Å². The van der Waals surface area contributed by atoms with Gasteiger partial charge in [0.1, 0.15) is 0 Å². The van der Waals surface area contributed by atoms with Crippen LogP contribution in [0.25, 0.3) is 10.9 Å². The van der Waals surface area contributed by atoms with E-state index in [-0.39, 0.29) is 0 Å². The Morgan fingerprint density at radius 1 is 1.32 bits per heavy atom. The number of thiazole rings is 1. The van der Waals surface area contributed by atoms with Gasteiger partial charge in [-0.15, -0.1) is 11.3 Å².